The highest BCUT2D eigenvalue weighted by Gasteiger charge is 2.47. The molecule has 1 aliphatic heterocycles. The summed E-state index contributed by atoms with van der Waals surface area (Å²) in [6.45, 7) is 1.43. The van der Waals surface area contributed by atoms with Gasteiger partial charge in [-0.1, -0.05) is 6.07 Å². The summed E-state index contributed by atoms with van der Waals surface area (Å²) in [5, 5.41) is 3.44. The Hall–Kier alpha value is -3.26. The van der Waals surface area contributed by atoms with Crippen LogP contribution in [0.15, 0.2) is 61.2 Å². The van der Waals surface area contributed by atoms with Crippen molar-refractivity contribution in [2.45, 2.75) is 31.3 Å². The molecule has 1 saturated carbocycles. The minimum atomic E-state index is -0.388. The van der Waals surface area contributed by atoms with E-state index < -0.39 is 0 Å². The summed E-state index contributed by atoms with van der Waals surface area (Å²) in [5.74, 6) is 2.69. The average Bonchev–Trinajstić information content (AvgIpc) is 3.16. The molecule has 0 unspecified atom stereocenters. The van der Waals surface area contributed by atoms with Gasteiger partial charge in [-0.25, -0.2) is 24.7 Å². The van der Waals surface area contributed by atoms with Gasteiger partial charge in [0.05, 0.1) is 6.54 Å². The zero-order chi connectivity index (χ0) is 21.1. The van der Waals surface area contributed by atoms with Crippen molar-refractivity contribution in [2.24, 2.45) is 5.92 Å². The number of ether oxygens (including phenoxy) is 1. The number of carbonyl (C=O) groups excluding carboxylic acids is 1. The molecule has 1 N–H and O–H groups in total. The fraction of sp³-hybridized carbons (Fsp3) is 0.348. The summed E-state index contributed by atoms with van der Waals surface area (Å²) in [6, 6.07) is 11.3. The highest BCUT2D eigenvalue weighted by atomic mass is 35.5. The number of rotatable bonds is 5. The number of nitrogens with one attached hydrogen (secondary N) is 1. The molecule has 0 bridgehead atoms. The molecule has 2 aliphatic rings. The Kier molecular flexibility index (Phi) is 6.50. The number of pyridine rings is 2. The van der Waals surface area contributed by atoms with Crippen molar-refractivity contribution < 1.29 is 9.53 Å². The first-order valence-electron chi connectivity index (χ1n) is 10.6. The largest absolute Gasteiger partial charge is 0.441 e. The second-order valence-corrected chi connectivity index (χ2v) is 8.15. The van der Waals surface area contributed by atoms with Gasteiger partial charge in [-0.3, -0.25) is 4.90 Å². The van der Waals surface area contributed by atoms with Crippen LogP contribution >= 0.6 is 12.4 Å². The Morgan fingerprint density at radius 3 is 2.47 bits per heavy atom. The van der Waals surface area contributed by atoms with Crippen LogP contribution in [0.5, 0.6) is 0 Å². The number of hydrogen-bond acceptors (Lipinski definition) is 7. The molecule has 0 aromatic carbocycles. The van der Waals surface area contributed by atoms with Crippen LogP contribution < -0.4 is 10.2 Å². The van der Waals surface area contributed by atoms with E-state index in [9.17, 15) is 4.79 Å². The second-order valence-electron chi connectivity index (χ2n) is 8.15. The third kappa shape index (κ3) is 4.65. The van der Waals surface area contributed by atoms with E-state index in [0.717, 1.165) is 43.6 Å². The molecule has 5 rings (SSSR count). The van der Waals surface area contributed by atoms with Crippen LogP contribution in [0, 0.1) is 5.92 Å². The molecule has 1 saturated heterocycles. The number of carbonyl (C=O) groups is 1. The molecule has 1 aliphatic carbocycles. The molecular formula is C23H25ClN6O2. The van der Waals surface area contributed by atoms with Gasteiger partial charge in [0.25, 0.3) is 0 Å². The Bertz CT molecular complexity index is 1030. The first-order valence-corrected chi connectivity index (χ1v) is 10.6. The lowest BCUT2D eigenvalue weighted by Crippen LogP contribution is -2.39. The highest BCUT2D eigenvalue weighted by Crippen LogP contribution is 2.40. The molecule has 1 spiro atoms. The molecule has 166 valence electrons. The minimum absolute atomic E-state index is 0. The van der Waals surface area contributed by atoms with E-state index >= 15 is 0 Å². The maximum absolute atomic E-state index is 12.4. The Morgan fingerprint density at radius 2 is 1.78 bits per heavy atom. The van der Waals surface area contributed by atoms with E-state index in [4.69, 9.17) is 4.74 Å². The summed E-state index contributed by atoms with van der Waals surface area (Å²) in [4.78, 5) is 31.3. The van der Waals surface area contributed by atoms with Crippen molar-refractivity contribution in [1.82, 2.24) is 19.9 Å². The first-order chi connectivity index (χ1) is 15.2. The van der Waals surface area contributed by atoms with Gasteiger partial charge < -0.3 is 10.1 Å². The quantitative estimate of drug-likeness (QED) is 0.614. The summed E-state index contributed by atoms with van der Waals surface area (Å²) in [6.07, 6.45) is 10.4. The zero-order valence-electron chi connectivity index (χ0n) is 17.6. The summed E-state index contributed by atoms with van der Waals surface area (Å²) in [7, 11) is 0. The van der Waals surface area contributed by atoms with Crippen molar-refractivity contribution >= 4 is 30.1 Å². The number of anilines is 2. The maximum Gasteiger partial charge on any atom is 0.416 e. The molecule has 8 nitrogen and oxygen atoms in total. The van der Waals surface area contributed by atoms with Crippen molar-refractivity contribution in [3.05, 3.63) is 61.2 Å². The minimum Gasteiger partial charge on any atom is -0.441 e. The standard InChI is InChI=1S/C23H24N6O2.ClH/c30-22-29(20-4-1-2-11-24-20)16-23(31-22)9-7-17(8-10-23)14-27-19-6-5-18(15-28-19)21-25-12-3-13-26-21;/h1-6,11-13,15,17H,7-10,14,16H2,(H,27,28);1H/t17-,23-;. The van der Waals surface area contributed by atoms with Crippen LogP contribution in [0.1, 0.15) is 25.7 Å². The van der Waals surface area contributed by atoms with Gasteiger partial charge in [-0.15, -0.1) is 12.4 Å². The molecule has 9 heteroatoms. The van der Waals surface area contributed by atoms with Crippen LogP contribution in [-0.2, 0) is 4.74 Å². The zero-order valence-corrected chi connectivity index (χ0v) is 18.4. The molecular weight excluding hydrogens is 428 g/mol. The van der Waals surface area contributed by atoms with Crippen molar-refractivity contribution in [3.63, 3.8) is 0 Å². The Morgan fingerprint density at radius 1 is 1.00 bits per heavy atom. The molecule has 0 radical (unpaired) electrons. The second kappa shape index (κ2) is 9.48. The van der Waals surface area contributed by atoms with E-state index in [0.29, 0.717) is 24.1 Å². The third-order valence-corrected chi connectivity index (χ3v) is 6.07. The molecule has 1 amide bonds. The Balaban J connectivity index is 0.00000245. The van der Waals surface area contributed by atoms with Gasteiger partial charge in [-0.05, 0) is 61.9 Å². The fourth-order valence-electron chi connectivity index (χ4n) is 4.31. The van der Waals surface area contributed by atoms with E-state index in [1.165, 1.54) is 0 Å². The molecule has 2 fully saturated rings. The number of nitrogens with zero attached hydrogens (tertiary/aromatic N) is 5. The number of amides is 1. The topological polar surface area (TPSA) is 93.1 Å². The van der Waals surface area contributed by atoms with Crippen LogP contribution in [0.2, 0.25) is 0 Å². The third-order valence-electron chi connectivity index (χ3n) is 6.07. The molecule has 4 heterocycles. The van der Waals surface area contributed by atoms with Gasteiger partial charge >= 0.3 is 6.09 Å². The number of hydrogen-bond donors (Lipinski definition) is 1. The maximum atomic E-state index is 12.4. The van der Waals surface area contributed by atoms with E-state index in [1.807, 2.05) is 30.3 Å². The van der Waals surface area contributed by atoms with Gasteiger partial charge in [0.15, 0.2) is 5.82 Å². The summed E-state index contributed by atoms with van der Waals surface area (Å²) < 4.78 is 5.83. The van der Waals surface area contributed by atoms with Crippen molar-refractivity contribution in [3.8, 4) is 11.4 Å². The lowest BCUT2D eigenvalue weighted by atomic mass is 9.78. The van der Waals surface area contributed by atoms with Crippen molar-refractivity contribution in [2.75, 3.05) is 23.3 Å². The van der Waals surface area contributed by atoms with Gasteiger partial charge in [0, 0.05) is 36.9 Å². The van der Waals surface area contributed by atoms with Gasteiger partial charge in [-0.2, -0.15) is 0 Å². The molecule has 3 aromatic rings. The number of halogens is 1. The summed E-state index contributed by atoms with van der Waals surface area (Å²) in [5.41, 5.74) is 0.506. The lowest BCUT2D eigenvalue weighted by Gasteiger charge is -2.35. The van der Waals surface area contributed by atoms with Crippen molar-refractivity contribution in [1.29, 1.82) is 0 Å². The first kappa shape index (κ1) is 22.0. The smallest absolute Gasteiger partial charge is 0.416 e. The van der Waals surface area contributed by atoms with Crippen LogP contribution in [0.4, 0.5) is 16.4 Å². The van der Waals surface area contributed by atoms with Crippen LogP contribution in [0.25, 0.3) is 11.4 Å². The molecule has 32 heavy (non-hydrogen) atoms. The molecule has 3 aromatic heterocycles. The van der Waals surface area contributed by atoms with Crippen LogP contribution in [0.3, 0.4) is 0 Å². The number of aromatic nitrogens is 4. The summed E-state index contributed by atoms with van der Waals surface area (Å²) >= 11 is 0. The fourth-order valence-corrected chi connectivity index (χ4v) is 4.31. The van der Waals surface area contributed by atoms with E-state index in [2.05, 4.69) is 25.3 Å². The van der Waals surface area contributed by atoms with Gasteiger partial charge in [0.1, 0.15) is 17.2 Å². The SMILES string of the molecule is Cl.O=C1O[C@]2(CC[C@H](CNc3ccc(-c4ncccn4)cn3)CC2)CN1c1ccccn1. The lowest BCUT2D eigenvalue weighted by molar-refractivity contribution is 0.0148. The predicted octanol–water partition coefficient (Wildman–Crippen LogP) is 4.35. The monoisotopic (exact) mass is 452 g/mol. The molecule has 0 atom stereocenters. The van der Waals surface area contributed by atoms with Crippen LogP contribution in [-0.4, -0.2) is 44.7 Å². The highest BCUT2D eigenvalue weighted by molar-refractivity contribution is 5.89. The predicted molar refractivity (Wildman–Crippen MR) is 124 cm³/mol. The van der Waals surface area contributed by atoms with E-state index in [1.54, 1.807) is 35.8 Å². The van der Waals surface area contributed by atoms with E-state index in [-0.39, 0.29) is 24.1 Å². The van der Waals surface area contributed by atoms with Gasteiger partial charge in [0.2, 0.25) is 0 Å². The normalized spacial score (nSPS) is 22.3. The average molecular weight is 453 g/mol. The Labute approximate surface area is 192 Å².